The molecular formula is C12H12O4. The van der Waals surface area contributed by atoms with Gasteiger partial charge in [0.2, 0.25) is 0 Å². The van der Waals surface area contributed by atoms with Crippen molar-refractivity contribution < 1.29 is 18.7 Å². The third-order valence-electron chi connectivity index (χ3n) is 1.69. The van der Waals surface area contributed by atoms with Crippen molar-refractivity contribution in [3.63, 3.8) is 0 Å². The molecule has 0 radical (unpaired) electrons. The van der Waals surface area contributed by atoms with Crippen LogP contribution in [0.4, 0.5) is 0 Å². The van der Waals surface area contributed by atoms with Gasteiger partial charge in [-0.2, -0.15) is 0 Å². The lowest BCUT2D eigenvalue weighted by molar-refractivity contribution is -0.153. The minimum absolute atomic E-state index is 0.188. The molecule has 0 amide bonds. The molecule has 1 aromatic heterocycles. The summed E-state index contributed by atoms with van der Waals surface area (Å²) in [6.07, 6.45) is 4.77. The van der Waals surface area contributed by atoms with Crippen molar-refractivity contribution in [1.29, 1.82) is 0 Å². The third kappa shape index (κ3) is 3.96. The zero-order valence-corrected chi connectivity index (χ0v) is 8.93. The molecule has 1 heterocycles. The number of hydrogen-bond donors (Lipinski definition) is 0. The molecular weight excluding hydrogens is 208 g/mol. The molecule has 0 bridgehead atoms. The van der Waals surface area contributed by atoms with Crippen LogP contribution in [0.3, 0.4) is 0 Å². The van der Waals surface area contributed by atoms with Gasteiger partial charge in [-0.05, 0) is 19.1 Å². The van der Waals surface area contributed by atoms with Gasteiger partial charge in [0.05, 0.1) is 6.26 Å². The summed E-state index contributed by atoms with van der Waals surface area (Å²) in [4.78, 5) is 22.0. The molecule has 1 aromatic rings. The number of allylic oxidation sites excluding steroid dienone is 1. The third-order valence-corrected chi connectivity index (χ3v) is 1.69. The minimum atomic E-state index is -0.715. The Kier molecular flexibility index (Phi) is 4.27. The van der Waals surface area contributed by atoms with Gasteiger partial charge in [0.25, 0.3) is 0 Å². The first kappa shape index (κ1) is 12.0. The van der Waals surface area contributed by atoms with Crippen molar-refractivity contribution in [2.45, 2.75) is 13.3 Å². The van der Waals surface area contributed by atoms with Gasteiger partial charge in [0.1, 0.15) is 5.76 Å². The van der Waals surface area contributed by atoms with Crippen LogP contribution in [0, 0.1) is 0 Å². The first-order chi connectivity index (χ1) is 7.59. The summed E-state index contributed by atoms with van der Waals surface area (Å²) in [5.74, 6) is -0.692. The van der Waals surface area contributed by atoms with E-state index in [0.29, 0.717) is 6.42 Å². The molecule has 84 valence electrons. The fraction of sp³-hybridized carbons (Fsp3) is 0.167. The molecule has 0 aliphatic carbocycles. The summed E-state index contributed by atoms with van der Waals surface area (Å²) >= 11 is 0. The van der Waals surface area contributed by atoms with Crippen molar-refractivity contribution in [3.05, 3.63) is 48.5 Å². The molecule has 4 nitrogen and oxygen atoms in total. The number of hydrogen-bond acceptors (Lipinski definition) is 4. The summed E-state index contributed by atoms with van der Waals surface area (Å²) in [6, 6.07) is 3.54. The predicted octanol–water partition coefficient (Wildman–Crippen LogP) is 2.02. The van der Waals surface area contributed by atoms with Gasteiger partial charge < -0.3 is 9.15 Å². The monoisotopic (exact) mass is 220 g/mol. The zero-order valence-electron chi connectivity index (χ0n) is 8.93. The molecule has 0 N–H and O–H groups in total. The molecule has 0 saturated heterocycles. The van der Waals surface area contributed by atoms with Crippen LogP contribution in [0.15, 0.2) is 47.1 Å². The second-order valence-corrected chi connectivity index (χ2v) is 3.17. The van der Waals surface area contributed by atoms with Crippen LogP contribution in [0.5, 0.6) is 0 Å². The second-order valence-electron chi connectivity index (χ2n) is 3.17. The fourth-order valence-electron chi connectivity index (χ4n) is 0.913. The Labute approximate surface area is 93.2 Å². The summed E-state index contributed by atoms with van der Waals surface area (Å²) in [6.45, 7) is 4.84. The lowest BCUT2D eigenvalue weighted by atomic mass is 10.3. The van der Waals surface area contributed by atoms with Gasteiger partial charge in [-0.1, -0.05) is 12.7 Å². The first-order valence-corrected chi connectivity index (χ1v) is 4.70. The first-order valence-electron chi connectivity index (χ1n) is 4.70. The maximum Gasteiger partial charge on any atom is 0.340 e. The van der Waals surface area contributed by atoms with Crippen molar-refractivity contribution in [3.8, 4) is 0 Å². The Hall–Kier alpha value is -2.10. The van der Waals surface area contributed by atoms with Crippen LogP contribution < -0.4 is 0 Å². The molecule has 0 aliphatic heterocycles. The number of furan rings is 1. The van der Waals surface area contributed by atoms with E-state index in [4.69, 9.17) is 4.42 Å². The Morgan fingerprint density at radius 3 is 2.88 bits per heavy atom. The van der Waals surface area contributed by atoms with E-state index >= 15 is 0 Å². The smallest absolute Gasteiger partial charge is 0.340 e. The Bertz CT molecular complexity index is 412. The molecule has 0 aliphatic rings. The number of rotatable bonds is 4. The van der Waals surface area contributed by atoms with Crippen LogP contribution in [-0.2, 0) is 20.7 Å². The molecule has 0 unspecified atom stereocenters. The lowest BCUT2D eigenvalue weighted by Gasteiger charge is -1.97. The summed E-state index contributed by atoms with van der Waals surface area (Å²) in [5, 5.41) is 0. The SMILES string of the molecule is C=C(C)C(=O)OC(=O)C=CCc1ccco1. The van der Waals surface area contributed by atoms with Gasteiger partial charge in [0, 0.05) is 18.1 Å². The van der Waals surface area contributed by atoms with E-state index in [0.717, 1.165) is 5.76 Å². The molecule has 0 aromatic carbocycles. The predicted molar refractivity (Wildman–Crippen MR) is 57.5 cm³/mol. The van der Waals surface area contributed by atoms with E-state index in [9.17, 15) is 9.59 Å². The van der Waals surface area contributed by atoms with Crippen LogP contribution in [0.2, 0.25) is 0 Å². The molecule has 0 atom stereocenters. The van der Waals surface area contributed by atoms with Gasteiger partial charge in [-0.25, -0.2) is 9.59 Å². The van der Waals surface area contributed by atoms with Crippen LogP contribution >= 0.6 is 0 Å². The largest absolute Gasteiger partial charge is 0.469 e. The molecule has 0 spiro atoms. The van der Waals surface area contributed by atoms with E-state index in [1.54, 1.807) is 24.5 Å². The molecule has 1 rings (SSSR count). The van der Waals surface area contributed by atoms with E-state index in [2.05, 4.69) is 11.3 Å². The zero-order chi connectivity index (χ0) is 12.0. The van der Waals surface area contributed by atoms with Gasteiger partial charge >= 0.3 is 11.9 Å². The fourth-order valence-corrected chi connectivity index (χ4v) is 0.913. The molecule has 0 saturated carbocycles. The summed E-state index contributed by atoms with van der Waals surface area (Å²) < 4.78 is 9.49. The Balaban J connectivity index is 2.37. The summed E-state index contributed by atoms with van der Waals surface area (Å²) in [5.41, 5.74) is 0.188. The summed E-state index contributed by atoms with van der Waals surface area (Å²) in [7, 11) is 0. The normalized spacial score (nSPS) is 10.3. The minimum Gasteiger partial charge on any atom is -0.469 e. The molecule has 0 fully saturated rings. The number of ether oxygens (including phenoxy) is 1. The average molecular weight is 220 g/mol. The average Bonchev–Trinajstić information content (AvgIpc) is 2.70. The van der Waals surface area contributed by atoms with Crippen LogP contribution in [-0.4, -0.2) is 11.9 Å². The molecule has 4 heteroatoms. The molecule has 16 heavy (non-hydrogen) atoms. The topological polar surface area (TPSA) is 56.5 Å². The highest BCUT2D eigenvalue weighted by Crippen LogP contribution is 2.01. The highest BCUT2D eigenvalue weighted by molar-refractivity contribution is 5.98. The highest BCUT2D eigenvalue weighted by atomic mass is 16.6. The lowest BCUT2D eigenvalue weighted by Crippen LogP contribution is -2.10. The maximum absolute atomic E-state index is 11.1. The van der Waals surface area contributed by atoms with Crippen molar-refractivity contribution in [2.24, 2.45) is 0 Å². The Morgan fingerprint density at radius 2 is 2.31 bits per heavy atom. The van der Waals surface area contributed by atoms with Crippen molar-refractivity contribution in [2.75, 3.05) is 0 Å². The standard InChI is InChI=1S/C12H12O4/c1-9(2)12(14)16-11(13)7-3-5-10-6-4-8-15-10/h3-4,6-8H,1,5H2,2H3. The quantitative estimate of drug-likeness (QED) is 0.442. The van der Waals surface area contributed by atoms with E-state index in [1.165, 1.54) is 13.0 Å². The van der Waals surface area contributed by atoms with Gasteiger partial charge in [0.15, 0.2) is 0 Å². The number of esters is 2. The van der Waals surface area contributed by atoms with Crippen molar-refractivity contribution >= 4 is 11.9 Å². The second kappa shape index (κ2) is 5.70. The highest BCUT2D eigenvalue weighted by Gasteiger charge is 2.07. The van der Waals surface area contributed by atoms with Gasteiger partial charge in [-0.3, -0.25) is 0 Å². The maximum atomic E-state index is 11.1. The van der Waals surface area contributed by atoms with Crippen LogP contribution in [0.25, 0.3) is 0 Å². The number of carbonyl (C=O) groups excluding carboxylic acids is 2. The van der Waals surface area contributed by atoms with E-state index < -0.39 is 11.9 Å². The van der Waals surface area contributed by atoms with Crippen LogP contribution in [0.1, 0.15) is 12.7 Å². The Morgan fingerprint density at radius 1 is 1.56 bits per heavy atom. The van der Waals surface area contributed by atoms with E-state index in [1.807, 2.05) is 0 Å². The van der Waals surface area contributed by atoms with E-state index in [-0.39, 0.29) is 5.57 Å². The number of carbonyl (C=O) groups is 2. The van der Waals surface area contributed by atoms with Crippen molar-refractivity contribution in [1.82, 2.24) is 0 Å². The van der Waals surface area contributed by atoms with Gasteiger partial charge in [-0.15, -0.1) is 0 Å².